The quantitative estimate of drug-likeness (QED) is 0.637. The molecule has 3 aliphatic rings. The van der Waals surface area contributed by atoms with Crippen LogP contribution in [0.3, 0.4) is 0 Å². The molecule has 1 aromatic heterocycles. The summed E-state index contributed by atoms with van der Waals surface area (Å²) >= 11 is 0. The summed E-state index contributed by atoms with van der Waals surface area (Å²) in [6.45, 7) is 7.19. The normalized spacial score (nSPS) is 28.7. The van der Waals surface area contributed by atoms with Gasteiger partial charge in [0.2, 0.25) is 5.88 Å². The lowest BCUT2D eigenvalue weighted by Gasteiger charge is -2.50. The van der Waals surface area contributed by atoms with Crippen LogP contribution in [-0.4, -0.2) is 47.5 Å². The first-order chi connectivity index (χ1) is 13.9. The maximum absolute atomic E-state index is 13.9. The number of sulfone groups is 1. The van der Waals surface area contributed by atoms with Gasteiger partial charge < -0.3 is 15.2 Å². The van der Waals surface area contributed by atoms with E-state index < -0.39 is 37.1 Å². The van der Waals surface area contributed by atoms with E-state index in [4.69, 9.17) is 20.2 Å². The van der Waals surface area contributed by atoms with Gasteiger partial charge in [-0.15, -0.1) is 0 Å². The van der Waals surface area contributed by atoms with Crippen molar-refractivity contribution < 1.29 is 22.7 Å². The second-order valence-electron chi connectivity index (χ2n) is 9.37. The fourth-order valence-electron chi connectivity index (χ4n) is 4.56. The van der Waals surface area contributed by atoms with Crippen LogP contribution in [0, 0.1) is 0 Å². The van der Waals surface area contributed by atoms with Gasteiger partial charge in [0.15, 0.2) is 9.84 Å². The number of alkyl carbamates (subject to hydrolysis) is 1. The number of amidine groups is 1. The number of ether oxygens (including phenoxy) is 2. The molecule has 1 amide bonds. The van der Waals surface area contributed by atoms with Crippen LogP contribution in [0.15, 0.2) is 17.3 Å². The zero-order valence-corrected chi connectivity index (χ0v) is 18.5. The van der Waals surface area contributed by atoms with E-state index >= 15 is 0 Å². The first kappa shape index (κ1) is 20.9. The Bertz CT molecular complexity index is 1030. The average molecular weight is 437 g/mol. The summed E-state index contributed by atoms with van der Waals surface area (Å²) < 4.78 is 37.7. The van der Waals surface area contributed by atoms with Gasteiger partial charge in [0, 0.05) is 12.0 Å². The molecule has 0 aromatic carbocycles. The molecule has 9 nitrogen and oxygen atoms in total. The van der Waals surface area contributed by atoms with E-state index in [1.165, 1.54) is 6.20 Å². The number of fused-ring (bicyclic) bond motifs is 3. The van der Waals surface area contributed by atoms with Gasteiger partial charge in [0.25, 0.3) is 0 Å². The van der Waals surface area contributed by atoms with Gasteiger partial charge in [-0.1, -0.05) is 0 Å². The Balaban J connectivity index is 1.88. The molecule has 3 heterocycles. The Morgan fingerprint density at radius 3 is 2.67 bits per heavy atom. The minimum absolute atomic E-state index is 0.136. The van der Waals surface area contributed by atoms with E-state index in [9.17, 15) is 13.2 Å². The zero-order chi connectivity index (χ0) is 21.9. The van der Waals surface area contributed by atoms with Gasteiger partial charge in [-0.05, 0) is 53.0 Å². The maximum Gasteiger partial charge on any atom is 0.413 e. The zero-order valence-electron chi connectivity index (χ0n) is 17.7. The number of pyridine rings is 1. The number of hydrogen-bond donors (Lipinski definition) is 2. The fourth-order valence-corrected chi connectivity index (χ4v) is 7.51. The van der Waals surface area contributed by atoms with Crippen LogP contribution < -0.4 is 15.8 Å². The average Bonchev–Trinajstić information content (AvgIpc) is 2.68. The van der Waals surface area contributed by atoms with Crippen LogP contribution in [0.1, 0.15) is 58.9 Å². The van der Waals surface area contributed by atoms with Crippen molar-refractivity contribution in [3.05, 3.63) is 17.8 Å². The van der Waals surface area contributed by atoms with Crippen LogP contribution >= 0.6 is 0 Å². The van der Waals surface area contributed by atoms with Gasteiger partial charge in [-0.2, -0.15) is 0 Å². The number of hydrogen-bond acceptors (Lipinski definition) is 8. The predicted octanol–water partition coefficient (Wildman–Crippen LogP) is 2.30. The van der Waals surface area contributed by atoms with Crippen molar-refractivity contribution in [3.8, 4) is 5.88 Å². The Morgan fingerprint density at radius 2 is 2.07 bits per heavy atom. The summed E-state index contributed by atoms with van der Waals surface area (Å²) in [6.07, 6.45) is 2.61. The van der Waals surface area contributed by atoms with Gasteiger partial charge in [0.05, 0.1) is 23.7 Å². The summed E-state index contributed by atoms with van der Waals surface area (Å²) in [5.74, 6) is 0.450. The van der Waals surface area contributed by atoms with Crippen LogP contribution in [-0.2, 0) is 20.1 Å². The third-order valence-corrected chi connectivity index (χ3v) is 9.27. The number of carbonyl (C=O) groups is 1. The number of carbonyl (C=O) groups excluding carboxylic acids is 1. The maximum atomic E-state index is 13.9. The lowest BCUT2D eigenvalue weighted by molar-refractivity contribution is 0.0558. The highest BCUT2D eigenvalue weighted by Gasteiger charge is 2.64. The minimum atomic E-state index is -3.71. The van der Waals surface area contributed by atoms with Crippen molar-refractivity contribution in [3.63, 3.8) is 0 Å². The lowest BCUT2D eigenvalue weighted by atomic mass is 9.81. The summed E-state index contributed by atoms with van der Waals surface area (Å²) in [6, 6.07) is 1.66. The molecule has 164 valence electrons. The molecule has 2 atom stereocenters. The standard InChI is InChI=1S/C20H28N4O5S/c1-18(2,3)29-17(25)23-16-20(7-5-8-20)30(26,27)14-6-9-28-15-13(19(14,4)24-16)10-12(21)11-22-15/h10-11,14H,5-9,21H2,1-4H3,(H,23,24,25)/t14-,19-/m1/s1. The topological polar surface area (TPSA) is 133 Å². The second-order valence-corrected chi connectivity index (χ2v) is 11.8. The molecular formula is C20H28N4O5S. The van der Waals surface area contributed by atoms with Crippen molar-refractivity contribution in [1.82, 2.24) is 10.3 Å². The van der Waals surface area contributed by atoms with Gasteiger partial charge >= 0.3 is 6.09 Å². The number of nitrogens with two attached hydrogens (primary N) is 1. The molecule has 30 heavy (non-hydrogen) atoms. The number of anilines is 1. The molecule has 0 bridgehead atoms. The molecule has 0 saturated heterocycles. The number of nitrogen functional groups attached to an aromatic ring is 1. The minimum Gasteiger partial charge on any atom is -0.477 e. The Morgan fingerprint density at radius 1 is 1.37 bits per heavy atom. The molecule has 4 rings (SSSR count). The Kier molecular flexibility index (Phi) is 4.57. The first-order valence-corrected chi connectivity index (χ1v) is 11.7. The fraction of sp³-hybridized carbons (Fsp3) is 0.650. The van der Waals surface area contributed by atoms with Gasteiger partial charge in [0.1, 0.15) is 21.7 Å². The smallest absolute Gasteiger partial charge is 0.413 e. The number of nitrogens with zero attached hydrogens (tertiary/aromatic N) is 2. The third-order valence-electron chi connectivity index (χ3n) is 6.14. The van der Waals surface area contributed by atoms with E-state index in [0.29, 0.717) is 30.0 Å². The van der Waals surface area contributed by atoms with Crippen LogP contribution in [0.5, 0.6) is 5.88 Å². The molecule has 10 heteroatoms. The highest BCUT2D eigenvalue weighted by Crippen LogP contribution is 2.53. The summed E-state index contributed by atoms with van der Waals surface area (Å²) in [4.78, 5) is 21.6. The Hall–Kier alpha value is -2.36. The predicted molar refractivity (Wildman–Crippen MR) is 112 cm³/mol. The molecule has 1 aliphatic carbocycles. The van der Waals surface area contributed by atoms with E-state index in [1.807, 2.05) is 0 Å². The second kappa shape index (κ2) is 6.57. The summed E-state index contributed by atoms with van der Waals surface area (Å²) in [5, 5.41) is 1.86. The molecule has 0 radical (unpaired) electrons. The monoisotopic (exact) mass is 436 g/mol. The molecule has 1 aromatic rings. The SMILES string of the molecule is CC(C)(C)OC(=O)NC1=N[C@]2(C)c3cc(N)cnc3OCC[C@H]2S(=O)(=O)C12CCC2. The molecular weight excluding hydrogens is 408 g/mol. The molecule has 1 spiro atoms. The lowest BCUT2D eigenvalue weighted by Crippen LogP contribution is -2.67. The van der Waals surface area contributed by atoms with E-state index in [1.54, 1.807) is 33.8 Å². The molecule has 1 fully saturated rings. The van der Waals surface area contributed by atoms with Gasteiger partial charge in [-0.3, -0.25) is 10.3 Å². The summed E-state index contributed by atoms with van der Waals surface area (Å²) in [7, 11) is -3.71. The number of amides is 1. The van der Waals surface area contributed by atoms with Crippen LogP contribution in [0.25, 0.3) is 0 Å². The van der Waals surface area contributed by atoms with Crippen molar-refractivity contribution in [1.29, 1.82) is 0 Å². The molecule has 0 unspecified atom stereocenters. The first-order valence-electron chi connectivity index (χ1n) is 10.1. The third kappa shape index (κ3) is 3.03. The van der Waals surface area contributed by atoms with Crippen LogP contribution in [0.2, 0.25) is 0 Å². The van der Waals surface area contributed by atoms with E-state index in [-0.39, 0.29) is 18.9 Å². The van der Waals surface area contributed by atoms with Crippen molar-refractivity contribution in [2.45, 2.75) is 74.5 Å². The molecule has 3 N–H and O–H groups in total. The van der Waals surface area contributed by atoms with Crippen molar-refractivity contribution >= 4 is 27.5 Å². The summed E-state index contributed by atoms with van der Waals surface area (Å²) in [5.41, 5.74) is 4.92. The number of nitrogens with one attached hydrogen (secondary N) is 1. The highest BCUT2D eigenvalue weighted by molar-refractivity contribution is 7.94. The highest BCUT2D eigenvalue weighted by atomic mass is 32.2. The number of aromatic nitrogens is 1. The van der Waals surface area contributed by atoms with Crippen molar-refractivity contribution in [2.75, 3.05) is 12.3 Å². The largest absolute Gasteiger partial charge is 0.477 e. The number of aliphatic imine (C=N–C) groups is 1. The number of rotatable bonds is 0. The Labute approximate surface area is 176 Å². The van der Waals surface area contributed by atoms with Crippen molar-refractivity contribution in [2.24, 2.45) is 4.99 Å². The molecule has 1 saturated carbocycles. The van der Waals surface area contributed by atoms with Crippen LogP contribution in [0.4, 0.5) is 10.5 Å². The van der Waals surface area contributed by atoms with E-state index in [0.717, 1.165) is 6.42 Å². The van der Waals surface area contributed by atoms with E-state index in [2.05, 4.69) is 10.3 Å². The molecule has 2 aliphatic heterocycles. The van der Waals surface area contributed by atoms with Gasteiger partial charge in [-0.25, -0.2) is 18.2 Å².